The number of ether oxygens (including phenoxy) is 1. The predicted molar refractivity (Wildman–Crippen MR) is 93.1 cm³/mol. The van der Waals surface area contributed by atoms with Crippen molar-refractivity contribution in [2.45, 2.75) is 0 Å². The summed E-state index contributed by atoms with van der Waals surface area (Å²) in [6.45, 7) is 0. The number of cyclic esters (lactones) is 2. The van der Waals surface area contributed by atoms with Gasteiger partial charge < -0.3 is 4.74 Å². The second-order valence-electron chi connectivity index (χ2n) is 6.79. The van der Waals surface area contributed by atoms with Gasteiger partial charge in [0.15, 0.2) is 0 Å². The fourth-order valence-electron chi connectivity index (χ4n) is 4.61. The minimum absolute atomic E-state index is 0.0515. The Balaban J connectivity index is 1.75. The van der Waals surface area contributed by atoms with Crippen LogP contribution >= 0.6 is 0 Å². The highest BCUT2D eigenvalue weighted by Crippen LogP contribution is 2.57. The van der Waals surface area contributed by atoms with Crippen molar-refractivity contribution in [2.24, 2.45) is 23.7 Å². The lowest BCUT2D eigenvalue weighted by molar-refractivity contribution is -0.154. The maximum atomic E-state index is 12.2. The van der Waals surface area contributed by atoms with Crippen molar-refractivity contribution in [1.82, 2.24) is 0 Å². The summed E-state index contributed by atoms with van der Waals surface area (Å²) in [5, 5.41) is 0. The summed E-state index contributed by atoms with van der Waals surface area (Å²) in [6.07, 6.45) is 4.15. The Labute approximate surface area is 145 Å². The number of hydrogen-bond donors (Lipinski definition) is 0. The molecule has 0 spiro atoms. The Morgan fingerprint density at radius 3 is 1.56 bits per heavy atom. The third-order valence-electron chi connectivity index (χ3n) is 5.56. The molecule has 3 heteroatoms. The number of hydrogen-bond acceptors (Lipinski definition) is 3. The molecule has 1 saturated carbocycles. The highest BCUT2D eigenvalue weighted by atomic mass is 16.6. The van der Waals surface area contributed by atoms with Gasteiger partial charge in [0.1, 0.15) is 0 Å². The van der Waals surface area contributed by atoms with Crippen LogP contribution in [0.4, 0.5) is 0 Å². The van der Waals surface area contributed by atoms with E-state index in [9.17, 15) is 9.59 Å². The minimum atomic E-state index is -0.371. The number of allylic oxidation sites excluding steroid dienone is 3. The molecular weight excluding hydrogens is 312 g/mol. The van der Waals surface area contributed by atoms with Gasteiger partial charge in [0.2, 0.25) is 0 Å². The van der Waals surface area contributed by atoms with Crippen LogP contribution in [0.3, 0.4) is 0 Å². The largest absolute Gasteiger partial charge is 0.393 e. The Morgan fingerprint density at radius 1 is 0.680 bits per heavy atom. The van der Waals surface area contributed by atoms with Gasteiger partial charge in [-0.15, -0.1) is 0 Å². The summed E-state index contributed by atoms with van der Waals surface area (Å²) >= 11 is 0. The fourth-order valence-corrected chi connectivity index (χ4v) is 4.61. The SMILES string of the molecule is O=C1OC(=O)[C@H]2[C@@H]1[C@H]1C=C[C@H]2C1=C(c1ccccc1)c1ccccc1. The van der Waals surface area contributed by atoms with Crippen LogP contribution in [-0.4, -0.2) is 11.9 Å². The van der Waals surface area contributed by atoms with Gasteiger partial charge in [0.25, 0.3) is 0 Å². The number of benzene rings is 2. The molecule has 0 aromatic heterocycles. The summed E-state index contributed by atoms with van der Waals surface area (Å²) in [4.78, 5) is 24.4. The van der Waals surface area contributed by atoms with Gasteiger partial charge in [-0.2, -0.15) is 0 Å². The second-order valence-corrected chi connectivity index (χ2v) is 6.79. The summed E-state index contributed by atoms with van der Waals surface area (Å²) in [7, 11) is 0. The first-order chi connectivity index (χ1) is 12.3. The quantitative estimate of drug-likeness (QED) is 0.480. The molecule has 2 aromatic carbocycles. The molecule has 25 heavy (non-hydrogen) atoms. The van der Waals surface area contributed by atoms with E-state index in [4.69, 9.17) is 4.74 Å². The zero-order chi connectivity index (χ0) is 17.0. The van der Waals surface area contributed by atoms with E-state index in [1.54, 1.807) is 0 Å². The number of fused-ring (bicyclic) bond motifs is 5. The standard InChI is InChI=1S/C22H16O3/c23-21-19-15-11-12-16(20(19)22(24)25-21)18(15)17(13-7-3-1-4-8-13)14-9-5-2-6-10-14/h1-12,15-16,19-20H/t15-,16-,19-,20+/m0/s1. The number of esters is 2. The molecular formula is C22H16O3. The summed E-state index contributed by atoms with van der Waals surface area (Å²) in [5.41, 5.74) is 4.54. The molecule has 2 aromatic rings. The Kier molecular flexibility index (Phi) is 3.04. The molecule has 0 unspecified atom stereocenters. The van der Waals surface area contributed by atoms with E-state index in [2.05, 4.69) is 36.4 Å². The molecule has 2 bridgehead atoms. The molecule has 0 radical (unpaired) electrons. The van der Waals surface area contributed by atoms with Gasteiger partial charge >= 0.3 is 11.9 Å². The lowest BCUT2D eigenvalue weighted by Gasteiger charge is -2.18. The van der Waals surface area contributed by atoms with Crippen molar-refractivity contribution in [3.05, 3.63) is 89.5 Å². The third-order valence-corrected chi connectivity index (χ3v) is 5.56. The summed E-state index contributed by atoms with van der Waals surface area (Å²) in [6, 6.07) is 20.4. The van der Waals surface area contributed by atoms with E-state index in [-0.39, 0.29) is 35.6 Å². The molecule has 4 atom stereocenters. The molecule has 1 aliphatic heterocycles. The van der Waals surface area contributed by atoms with Gasteiger partial charge in [-0.25, -0.2) is 0 Å². The van der Waals surface area contributed by atoms with Crippen molar-refractivity contribution in [3.63, 3.8) is 0 Å². The molecule has 122 valence electrons. The molecule has 0 amide bonds. The highest BCUT2D eigenvalue weighted by Gasteiger charge is 2.61. The van der Waals surface area contributed by atoms with Crippen LogP contribution in [0.5, 0.6) is 0 Å². The first-order valence-electron chi connectivity index (χ1n) is 8.54. The zero-order valence-corrected chi connectivity index (χ0v) is 13.5. The van der Waals surface area contributed by atoms with Gasteiger partial charge in [-0.1, -0.05) is 72.8 Å². The van der Waals surface area contributed by atoms with E-state index < -0.39 is 0 Å². The first-order valence-corrected chi connectivity index (χ1v) is 8.54. The Morgan fingerprint density at radius 2 is 1.12 bits per heavy atom. The maximum absolute atomic E-state index is 12.2. The van der Waals surface area contributed by atoms with Crippen LogP contribution in [0.15, 0.2) is 78.4 Å². The van der Waals surface area contributed by atoms with Crippen LogP contribution in [0, 0.1) is 23.7 Å². The van der Waals surface area contributed by atoms with E-state index in [1.807, 2.05) is 36.4 Å². The van der Waals surface area contributed by atoms with Crippen molar-refractivity contribution in [3.8, 4) is 0 Å². The van der Waals surface area contributed by atoms with E-state index in [0.29, 0.717) is 0 Å². The smallest absolute Gasteiger partial charge is 0.318 e. The molecule has 1 heterocycles. The van der Waals surface area contributed by atoms with Crippen molar-refractivity contribution in [1.29, 1.82) is 0 Å². The number of carbonyl (C=O) groups is 2. The predicted octanol–water partition coefficient (Wildman–Crippen LogP) is 3.62. The van der Waals surface area contributed by atoms with Gasteiger partial charge in [0.05, 0.1) is 11.8 Å². The van der Waals surface area contributed by atoms with E-state index in [0.717, 1.165) is 16.7 Å². The first kappa shape index (κ1) is 14.4. The molecule has 5 rings (SSSR count). The second kappa shape index (κ2) is 5.28. The third kappa shape index (κ3) is 1.99. The van der Waals surface area contributed by atoms with Crippen molar-refractivity contribution in [2.75, 3.05) is 0 Å². The van der Waals surface area contributed by atoms with E-state index in [1.165, 1.54) is 5.57 Å². The van der Waals surface area contributed by atoms with Crippen LogP contribution in [0.25, 0.3) is 5.57 Å². The fraction of sp³-hybridized carbons (Fsp3) is 0.182. The Bertz CT molecular complexity index is 851. The molecule has 2 fully saturated rings. The van der Waals surface area contributed by atoms with Crippen molar-refractivity contribution >= 4 is 17.5 Å². The topological polar surface area (TPSA) is 43.4 Å². The molecule has 1 saturated heterocycles. The Hall–Kier alpha value is -2.94. The number of rotatable bonds is 2. The minimum Gasteiger partial charge on any atom is -0.393 e. The van der Waals surface area contributed by atoms with E-state index >= 15 is 0 Å². The summed E-state index contributed by atoms with van der Waals surface area (Å²) < 4.78 is 4.91. The van der Waals surface area contributed by atoms with Gasteiger partial charge in [0, 0.05) is 11.8 Å². The van der Waals surface area contributed by atoms with Crippen molar-refractivity contribution < 1.29 is 14.3 Å². The normalized spacial score (nSPS) is 29.0. The average molecular weight is 328 g/mol. The lowest BCUT2D eigenvalue weighted by Crippen LogP contribution is -2.21. The van der Waals surface area contributed by atoms with Gasteiger partial charge in [-0.3, -0.25) is 9.59 Å². The molecule has 2 aliphatic carbocycles. The highest BCUT2D eigenvalue weighted by molar-refractivity contribution is 6.00. The monoisotopic (exact) mass is 328 g/mol. The zero-order valence-electron chi connectivity index (χ0n) is 13.5. The lowest BCUT2D eigenvalue weighted by atomic mass is 9.85. The van der Waals surface area contributed by atoms with Crippen LogP contribution in [0.1, 0.15) is 11.1 Å². The molecule has 3 nitrogen and oxygen atoms in total. The van der Waals surface area contributed by atoms with Crippen LogP contribution < -0.4 is 0 Å². The molecule has 3 aliphatic rings. The van der Waals surface area contributed by atoms with Crippen LogP contribution in [-0.2, 0) is 14.3 Å². The number of carbonyl (C=O) groups excluding carboxylic acids is 2. The van der Waals surface area contributed by atoms with Gasteiger partial charge in [-0.05, 0) is 22.3 Å². The summed E-state index contributed by atoms with van der Waals surface area (Å²) in [5.74, 6) is -1.57. The van der Waals surface area contributed by atoms with Crippen LogP contribution in [0.2, 0.25) is 0 Å². The average Bonchev–Trinajstić information content (AvgIpc) is 3.29. The maximum Gasteiger partial charge on any atom is 0.318 e. The molecule has 0 N–H and O–H groups in total.